The third kappa shape index (κ3) is 4.09. The van der Waals surface area contributed by atoms with E-state index in [0.29, 0.717) is 0 Å². The first-order valence-corrected chi connectivity index (χ1v) is 9.31. The largest absolute Gasteiger partial charge is 0.469 e. The molecule has 5 heteroatoms. The van der Waals surface area contributed by atoms with Crippen molar-refractivity contribution in [2.45, 2.75) is 51.1 Å². The second-order valence-corrected chi connectivity index (χ2v) is 8.00. The fraction of sp³-hybridized carbons (Fsp3) is 0.409. The summed E-state index contributed by atoms with van der Waals surface area (Å²) in [7, 11) is 0.893. The van der Waals surface area contributed by atoms with E-state index in [-0.39, 0.29) is 18.2 Å². The van der Waals surface area contributed by atoms with Crippen LogP contribution in [0.4, 0.5) is 0 Å². The molecule has 0 aliphatic carbocycles. The summed E-state index contributed by atoms with van der Waals surface area (Å²) in [5.41, 5.74) is 2.32. The second kappa shape index (κ2) is 7.49. The highest BCUT2D eigenvalue weighted by molar-refractivity contribution is 6.48. The lowest BCUT2D eigenvalue weighted by molar-refractivity contribution is -0.140. The molecule has 1 heterocycles. The number of methoxy groups -OCH3 is 1. The van der Waals surface area contributed by atoms with Gasteiger partial charge in [0.1, 0.15) is 0 Å². The fourth-order valence-electron chi connectivity index (χ4n) is 3.27. The number of ether oxygens (including phenoxy) is 1. The topological polar surface area (TPSA) is 44.8 Å². The number of hydrogen-bond donors (Lipinski definition) is 0. The quantitative estimate of drug-likeness (QED) is 0.572. The van der Waals surface area contributed by atoms with Crippen LogP contribution in [0, 0.1) is 0 Å². The van der Waals surface area contributed by atoms with E-state index in [1.54, 1.807) is 0 Å². The lowest BCUT2D eigenvalue weighted by atomic mass is 9.66. The Balaban J connectivity index is 1.96. The molecule has 0 bridgehead atoms. The molecule has 0 saturated carbocycles. The van der Waals surface area contributed by atoms with E-state index in [1.165, 1.54) is 7.11 Å². The van der Waals surface area contributed by atoms with Crippen LogP contribution in [0.5, 0.6) is 0 Å². The van der Waals surface area contributed by atoms with E-state index in [2.05, 4.69) is 24.3 Å². The Morgan fingerprint density at radius 3 is 2.15 bits per heavy atom. The highest BCUT2D eigenvalue weighted by Gasteiger charge is 2.54. The zero-order chi connectivity index (χ0) is 19.7. The number of carbonyl (C=O) groups is 1. The van der Waals surface area contributed by atoms with Gasteiger partial charge in [0.25, 0.3) is 0 Å². The van der Waals surface area contributed by atoms with Crippen LogP contribution in [0.15, 0.2) is 54.6 Å². The molecule has 1 aliphatic rings. The molecule has 2 aromatic carbocycles. The summed E-state index contributed by atoms with van der Waals surface area (Å²) < 4.78 is 17.4. The molecule has 1 fully saturated rings. The molecular formula is C22H27BO4. The zero-order valence-electron chi connectivity index (χ0n) is 16.7. The number of carbonyl (C=O) groups excluding carboxylic acids is 1. The summed E-state index contributed by atoms with van der Waals surface area (Å²) >= 11 is 0. The lowest BCUT2D eigenvalue weighted by Crippen LogP contribution is -2.41. The molecule has 0 spiro atoms. The van der Waals surface area contributed by atoms with Gasteiger partial charge in [0.2, 0.25) is 0 Å². The number of benzene rings is 2. The molecule has 1 saturated heterocycles. The Morgan fingerprint density at radius 2 is 1.56 bits per heavy atom. The van der Waals surface area contributed by atoms with Crippen LogP contribution in [0.2, 0.25) is 0 Å². The van der Waals surface area contributed by atoms with Crippen molar-refractivity contribution in [1.82, 2.24) is 0 Å². The third-order valence-electron chi connectivity index (χ3n) is 5.64. The molecule has 27 heavy (non-hydrogen) atoms. The van der Waals surface area contributed by atoms with E-state index >= 15 is 0 Å². The molecule has 0 radical (unpaired) electrons. The third-order valence-corrected chi connectivity index (χ3v) is 5.64. The number of hydrogen-bond acceptors (Lipinski definition) is 4. The van der Waals surface area contributed by atoms with Crippen molar-refractivity contribution >= 4 is 13.1 Å². The first-order valence-electron chi connectivity index (χ1n) is 9.31. The van der Waals surface area contributed by atoms with Gasteiger partial charge < -0.3 is 14.0 Å². The van der Waals surface area contributed by atoms with Crippen LogP contribution in [0.1, 0.15) is 45.5 Å². The van der Waals surface area contributed by atoms with Crippen molar-refractivity contribution < 1.29 is 18.8 Å². The first-order chi connectivity index (χ1) is 12.7. The summed E-state index contributed by atoms with van der Waals surface area (Å²) in [4.78, 5) is 12.1. The van der Waals surface area contributed by atoms with Gasteiger partial charge in [-0.3, -0.25) is 4.79 Å². The Kier molecular flexibility index (Phi) is 5.45. The minimum absolute atomic E-state index is 0.200. The van der Waals surface area contributed by atoms with Crippen molar-refractivity contribution in [2.24, 2.45) is 0 Å². The fourth-order valence-corrected chi connectivity index (χ4v) is 3.27. The van der Waals surface area contributed by atoms with Gasteiger partial charge in [-0.05, 0) is 44.4 Å². The van der Waals surface area contributed by atoms with Crippen molar-refractivity contribution in [3.63, 3.8) is 0 Å². The average molecular weight is 366 g/mol. The molecule has 3 rings (SSSR count). The highest BCUT2D eigenvalue weighted by atomic mass is 16.7. The van der Waals surface area contributed by atoms with Gasteiger partial charge >= 0.3 is 13.1 Å². The van der Waals surface area contributed by atoms with Crippen LogP contribution in [0.25, 0.3) is 11.1 Å². The van der Waals surface area contributed by atoms with E-state index in [9.17, 15) is 4.79 Å². The molecular weight excluding hydrogens is 339 g/mol. The Morgan fingerprint density at radius 1 is 0.963 bits per heavy atom. The summed E-state index contributed by atoms with van der Waals surface area (Å²) in [5.74, 6) is -0.526. The van der Waals surface area contributed by atoms with Crippen LogP contribution in [-0.4, -0.2) is 31.4 Å². The zero-order valence-corrected chi connectivity index (χ0v) is 16.7. The van der Waals surface area contributed by atoms with Crippen LogP contribution < -0.4 is 0 Å². The molecule has 1 unspecified atom stereocenters. The van der Waals surface area contributed by atoms with Gasteiger partial charge in [-0.15, -0.1) is 0 Å². The molecule has 2 aromatic rings. The van der Waals surface area contributed by atoms with Crippen molar-refractivity contribution in [1.29, 1.82) is 0 Å². The van der Waals surface area contributed by atoms with E-state index in [4.69, 9.17) is 14.0 Å². The van der Waals surface area contributed by atoms with E-state index in [1.807, 2.05) is 58.0 Å². The van der Waals surface area contributed by atoms with Gasteiger partial charge in [0, 0.05) is 5.82 Å². The summed E-state index contributed by atoms with van der Waals surface area (Å²) in [6.07, 6.45) is 0.200. The molecule has 0 aromatic heterocycles. The van der Waals surface area contributed by atoms with E-state index < -0.39 is 18.3 Å². The van der Waals surface area contributed by atoms with Gasteiger partial charge in [-0.25, -0.2) is 0 Å². The van der Waals surface area contributed by atoms with Crippen LogP contribution in [-0.2, 0) is 18.8 Å². The molecule has 0 N–H and O–H groups in total. The first kappa shape index (κ1) is 19.7. The predicted octanol–water partition coefficient (Wildman–Crippen LogP) is 4.63. The maximum Gasteiger partial charge on any atom is 0.466 e. The average Bonchev–Trinajstić information content (AvgIpc) is 2.87. The maximum absolute atomic E-state index is 12.1. The normalized spacial score (nSPS) is 18.9. The SMILES string of the molecule is COC(=O)CC(B1OC(C)(C)C(C)(C)O1)c1cccc(-c2ccccc2)c1. The van der Waals surface area contributed by atoms with Gasteiger partial charge in [0.15, 0.2) is 0 Å². The molecule has 1 aliphatic heterocycles. The van der Waals surface area contributed by atoms with Crippen molar-refractivity contribution in [2.75, 3.05) is 7.11 Å². The Hall–Kier alpha value is -2.11. The standard InChI is InChI=1S/C22H27BO4/c1-21(2)22(3,4)27-23(26-21)19(15-20(24)25-5)18-13-9-12-17(14-18)16-10-7-6-8-11-16/h6-14,19H,15H2,1-5H3. The lowest BCUT2D eigenvalue weighted by Gasteiger charge is -2.32. The Bertz CT molecular complexity index is 785. The molecule has 0 amide bonds. The van der Waals surface area contributed by atoms with Gasteiger partial charge in [0.05, 0.1) is 24.7 Å². The number of esters is 1. The number of rotatable bonds is 5. The van der Waals surface area contributed by atoms with E-state index in [0.717, 1.165) is 16.7 Å². The second-order valence-electron chi connectivity index (χ2n) is 8.00. The Labute approximate surface area is 162 Å². The smallest absolute Gasteiger partial charge is 0.466 e. The monoisotopic (exact) mass is 366 g/mol. The summed E-state index contributed by atoms with van der Waals surface area (Å²) in [6.45, 7) is 8.07. The van der Waals surface area contributed by atoms with Gasteiger partial charge in [-0.2, -0.15) is 0 Å². The predicted molar refractivity (Wildman–Crippen MR) is 107 cm³/mol. The maximum atomic E-state index is 12.1. The molecule has 4 nitrogen and oxygen atoms in total. The molecule has 142 valence electrons. The minimum Gasteiger partial charge on any atom is -0.469 e. The van der Waals surface area contributed by atoms with Gasteiger partial charge in [-0.1, -0.05) is 54.6 Å². The van der Waals surface area contributed by atoms with Crippen LogP contribution in [0.3, 0.4) is 0 Å². The highest BCUT2D eigenvalue weighted by Crippen LogP contribution is 2.42. The minimum atomic E-state index is -0.514. The summed E-state index contributed by atoms with van der Waals surface area (Å²) in [5, 5.41) is 0. The van der Waals surface area contributed by atoms with Crippen molar-refractivity contribution in [3.05, 3.63) is 60.2 Å². The summed E-state index contributed by atoms with van der Waals surface area (Å²) in [6, 6.07) is 18.4. The van der Waals surface area contributed by atoms with Crippen molar-refractivity contribution in [3.8, 4) is 11.1 Å². The molecule has 1 atom stereocenters. The van der Waals surface area contributed by atoms with Crippen LogP contribution >= 0.6 is 0 Å².